The monoisotopic (exact) mass is 260 g/mol. The molecule has 0 bridgehead atoms. The Labute approximate surface area is 108 Å². The number of carbonyl (C=O) groups is 2. The fourth-order valence-corrected chi connectivity index (χ4v) is 1.55. The molecular weight excluding hydrogens is 248 g/mol. The Balaban J connectivity index is 2.15. The number of carbonyl (C=O) groups excluding carboxylic acids is 1. The van der Waals surface area contributed by atoms with Crippen molar-refractivity contribution in [1.29, 1.82) is 0 Å². The second kappa shape index (κ2) is 5.40. The number of hydrogen-bond acceptors (Lipinski definition) is 5. The Morgan fingerprint density at radius 1 is 1.32 bits per heavy atom. The van der Waals surface area contributed by atoms with Crippen molar-refractivity contribution in [3.05, 3.63) is 36.2 Å². The van der Waals surface area contributed by atoms with Crippen molar-refractivity contribution in [3.63, 3.8) is 0 Å². The van der Waals surface area contributed by atoms with Gasteiger partial charge in [0.05, 0.1) is 29.8 Å². The number of amides is 1. The number of fused-ring (bicyclic) bond motifs is 1. The van der Waals surface area contributed by atoms with Gasteiger partial charge in [0.1, 0.15) is 5.69 Å². The van der Waals surface area contributed by atoms with Crippen molar-refractivity contribution < 1.29 is 14.7 Å². The van der Waals surface area contributed by atoms with Crippen LogP contribution in [0.5, 0.6) is 0 Å². The van der Waals surface area contributed by atoms with Crippen LogP contribution < -0.4 is 11.1 Å². The van der Waals surface area contributed by atoms with Crippen LogP contribution in [0.2, 0.25) is 0 Å². The number of carboxylic acid groups (broad SMARTS) is 1. The summed E-state index contributed by atoms with van der Waals surface area (Å²) in [5.41, 5.74) is 6.82. The Morgan fingerprint density at radius 2 is 2.00 bits per heavy atom. The zero-order valence-electron chi connectivity index (χ0n) is 9.91. The molecule has 19 heavy (non-hydrogen) atoms. The van der Waals surface area contributed by atoms with Gasteiger partial charge in [-0.1, -0.05) is 12.1 Å². The summed E-state index contributed by atoms with van der Waals surface area (Å²) in [6.45, 7) is 0. The first kappa shape index (κ1) is 12.9. The number of nitrogens with zero attached hydrogens (tertiary/aromatic N) is 2. The maximum atomic E-state index is 11.8. The van der Waals surface area contributed by atoms with E-state index in [2.05, 4.69) is 15.3 Å². The second-order valence-electron chi connectivity index (χ2n) is 3.92. The van der Waals surface area contributed by atoms with E-state index in [1.54, 1.807) is 18.2 Å². The number of hydrogen-bond donors (Lipinski definition) is 3. The number of benzene rings is 1. The van der Waals surface area contributed by atoms with Crippen LogP contribution in [0.3, 0.4) is 0 Å². The SMILES string of the molecule is NC(CC(=O)O)NC(=O)c1cnc2ccccc2n1. The smallest absolute Gasteiger partial charge is 0.306 e. The first-order valence-electron chi connectivity index (χ1n) is 5.56. The molecule has 98 valence electrons. The van der Waals surface area contributed by atoms with E-state index in [1.807, 2.05) is 6.07 Å². The van der Waals surface area contributed by atoms with Crippen LogP contribution in [0.15, 0.2) is 30.5 Å². The third kappa shape index (κ3) is 3.23. The number of nitrogens with one attached hydrogen (secondary N) is 1. The molecule has 0 saturated carbocycles. The van der Waals surface area contributed by atoms with Crippen molar-refractivity contribution >= 4 is 22.9 Å². The normalized spacial score (nSPS) is 12.1. The van der Waals surface area contributed by atoms with E-state index in [-0.39, 0.29) is 12.1 Å². The summed E-state index contributed by atoms with van der Waals surface area (Å²) in [6, 6.07) is 7.12. The lowest BCUT2D eigenvalue weighted by Crippen LogP contribution is -2.43. The third-order valence-electron chi connectivity index (χ3n) is 2.39. The predicted molar refractivity (Wildman–Crippen MR) is 67.2 cm³/mol. The van der Waals surface area contributed by atoms with E-state index in [4.69, 9.17) is 10.8 Å². The van der Waals surface area contributed by atoms with Gasteiger partial charge in [-0.15, -0.1) is 0 Å². The number of aliphatic carboxylic acids is 1. The maximum Gasteiger partial charge on any atom is 0.306 e. The van der Waals surface area contributed by atoms with Gasteiger partial charge in [0.15, 0.2) is 0 Å². The fraction of sp³-hybridized carbons (Fsp3) is 0.167. The van der Waals surface area contributed by atoms with E-state index in [9.17, 15) is 9.59 Å². The Kier molecular flexibility index (Phi) is 3.67. The molecule has 1 amide bonds. The van der Waals surface area contributed by atoms with Gasteiger partial charge in [0.25, 0.3) is 5.91 Å². The lowest BCUT2D eigenvalue weighted by atomic mass is 10.3. The average Bonchev–Trinajstić information content (AvgIpc) is 2.37. The molecular formula is C12H12N4O3. The summed E-state index contributed by atoms with van der Waals surface area (Å²) >= 11 is 0. The van der Waals surface area contributed by atoms with Gasteiger partial charge in [-0.3, -0.25) is 14.6 Å². The van der Waals surface area contributed by atoms with Gasteiger partial charge < -0.3 is 16.2 Å². The quantitative estimate of drug-likeness (QED) is 0.672. The molecule has 0 aliphatic rings. The standard InChI is InChI=1S/C12H12N4O3/c13-10(5-11(17)18)16-12(19)9-6-14-7-3-1-2-4-8(7)15-9/h1-4,6,10H,5,13H2,(H,16,19)(H,17,18). The van der Waals surface area contributed by atoms with Gasteiger partial charge >= 0.3 is 5.97 Å². The van der Waals surface area contributed by atoms with Crippen molar-refractivity contribution in [2.75, 3.05) is 0 Å². The average molecular weight is 260 g/mol. The minimum atomic E-state index is -1.09. The molecule has 0 saturated heterocycles. The van der Waals surface area contributed by atoms with Crippen molar-refractivity contribution in [3.8, 4) is 0 Å². The van der Waals surface area contributed by atoms with E-state index >= 15 is 0 Å². The molecule has 0 aliphatic heterocycles. The molecule has 4 N–H and O–H groups in total. The van der Waals surface area contributed by atoms with Gasteiger partial charge in [0.2, 0.25) is 0 Å². The maximum absolute atomic E-state index is 11.8. The van der Waals surface area contributed by atoms with Gasteiger partial charge in [-0.05, 0) is 12.1 Å². The molecule has 2 aromatic rings. The lowest BCUT2D eigenvalue weighted by molar-refractivity contribution is -0.137. The molecule has 1 atom stereocenters. The summed E-state index contributed by atoms with van der Waals surface area (Å²) in [6.07, 6.45) is 0.0102. The number of aromatic nitrogens is 2. The van der Waals surface area contributed by atoms with Crippen LogP contribution in [0.4, 0.5) is 0 Å². The Morgan fingerprint density at radius 3 is 2.68 bits per heavy atom. The van der Waals surface area contributed by atoms with E-state index in [1.165, 1.54) is 6.20 Å². The number of rotatable bonds is 4. The zero-order chi connectivity index (χ0) is 13.8. The molecule has 1 heterocycles. The van der Waals surface area contributed by atoms with Gasteiger partial charge in [-0.25, -0.2) is 4.98 Å². The van der Waals surface area contributed by atoms with Crippen LogP contribution in [-0.2, 0) is 4.79 Å². The molecule has 0 spiro atoms. The molecule has 1 aromatic carbocycles. The van der Waals surface area contributed by atoms with E-state index < -0.39 is 18.0 Å². The molecule has 0 aliphatic carbocycles. The molecule has 7 nitrogen and oxygen atoms in total. The molecule has 1 aromatic heterocycles. The Bertz CT molecular complexity index is 629. The van der Waals surface area contributed by atoms with Crippen LogP contribution in [0, 0.1) is 0 Å². The van der Waals surface area contributed by atoms with Gasteiger partial charge in [-0.2, -0.15) is 0 Å². The second-order valence-corrected chi connectivity index (χ2v) is 3.92. The third-order valence-corrected chi connectivity index (χ3v) is 2.39. The number of nitrogens with two attached hydrogens (primary N) is 1. The van der Waals surface area contributed by atoms with Crippen LogP contribution in [-0.4, -0.2) is 33.1 Å². The predicted octanol–water partition coefficient (Wildman–Crippen LogP) is 0.119. The number of para-hydroxylation sites is 2. The zero-order valence-corrected chi connectivity index (χ0v) is 9.91. The largest absolute Gasteiger partial charge is 0.481 e. The van der Waals surface area contributed by atoms with Crippen molar-refractivity contribution in [1.82, 2.24) is 15.3 Å². The highest BCUT2D eigenvalue weighted by molar-refractivity contribution is 5.94. The summed E-state index contributed by atoms with van der Waals surface area (Å²) in [5.74, 6) is -1.63. The highest BCUT2D eigenvalue weighted by Crippen LogP contribution is 2.08. The topological polar surface area (TPSA) is 118 Å². The van der Waals surface area contributed by atoms with Crippen molar-refractivity contribution in [2.45, 2.75) is 12.6 Å². The van der Waals surface area contributed by atoms with E-state index in [0.717, 1.165) is 0 Å². The summed E-state index contributed by atoms with van der Waals surface area (Å²) in [4.78, 5) is 30.5. The van der Waals surface area contributed by atoms with Crippen molar-refractivity contribution in [2.24, 2.45) is 5.73 Å². The van der Waals surface area contributed by atoms with Crippen LogP contribution in [0.1, 0.15) is 16.9 Å². The molecule has 7 heteroatoms. The fourth-order valence-electron chi connectivity index (χ4n) is 1.55. The first-order valence-corrected chi connectivity index (χ1v) is 5.56. The Hall–Kier alpha value is -2.54. The molecule has 0 fully saturated rings. The minimum Gasteiger partial charge on any atom is -0.481 e. The number of carboxylic acids is 1. The highest BCUT2D eigenvalue weighted by atomic mass is 16.4. The minimum absolute atomic E-state index is 0.0968. The summed E-state index contributed by atoms with van der Waals surface area (Å²) < 4.78 is 0. The highest BCUT2D eigenvalue weighted by Gasteiger charge is 2.14. The summed E-state index contributed by atoms with van der Waals surface area (Å²) in [5, 5.41) is 10.9. The van der Waals surface area contributed by atoms with Gasteiger partial charge in [0, 0.05) is 0 Å². The van der Waals surface area contributed by atoms with Crippen LogP contribution in [0.25, 0.3) is 11.0 Å². The molecule has 2 rings (SSSR count). The van der Waals surface area contributed by atoms with E-state index in [0.29, 0.717) is 11.0 Å². The van der Waals surface area contributed by atoms with Crippen LogP contribution >= 0.6 is 0 Å². The first-order chi connectivity index (χ1) is 9.06. The lowest BCUT2D eigenvalue weighted by Gasteiger charge is -2.11. The summed E-state index contributed by atoms with van der Waals surface area (Å²) in [7, 11) is 0. The molecule has 1 unspecified atom stereocenters. The molecule has 0 radical (unpaired) electrons.